The minimum atomic E-state index is -0.167. The van der Waals surface area contributed by atoms with Crippen molar-refractivity contribution in [1.82, 2.24) is 14.8 Å². The van der Waals surface area contributed by atoms with Gasteiger partial charge in [-0.3, -0.25) is 4.79 Å². The van der Waals surface area contributed by atoms with E-state index < -0.39 is 0 Å². The summed E-state index contributed by atoms with van der Waals surface area (Å²) in [5.74, 6) is 1.30. The summed E-state index contributed by atoms with van der Waals surface area (Å²) < 4.78 is 1.81. The second kappa shape index (κ2) is 4.55. The van der Waals surface area contributed by atoms with Crippen LogP contribution in [0.1, 0.15) is 31.4 Å². The Morgan fingerprint density at radius 3 is 2.86 bits per heavy atom. The molecule has 0 radical (unpaired) electrons. The van der Waals surface area contributed by atoms with E-state index in [0.717, 1.165) is 23.3 Å². The van der Waals surface area contributed by atoms with Gasteiger partial charge in [-0.25, -0.2) is 4.68 Å². The molecule has 0 saturated heterocycles. The summed E-state index contributed by atoms with van der Waals surface area (Å²) >= 11 is 0. The van der Waals surface area contributed by atoms with Crippen molar-refractivity contribution in [3.8, 4) is 0 Å². The standard InChI is InChI=1S/C16H16N4O/c1-10-7-12-14(13(21)8-10)15(11-5-3-2-4-6-11)20-16(19-12)17-9-18-20/h2-6,9-10,15H,7-8H2,1H3,(H,17,18,19)/t10-,15+/m0/s1. The first-order chi connectivity index (χ1) is 10.2. The third-order valence-corrected chi connectivity index (χ3v) is 4.18. The van der Waals surface area contributed by atoms with Crippen LogP contribution in [0.5, 0.6) is 0 Å². The van der Waals surface area contributed by atoms with Gasteiger partial charge in [-0.05, 0) is 17.9 Å². The predicted octanol–water partition coefficient (Wildman–Crippen LogP) is 2.55. The van der Waals surface area contributed by atoms with E-state index in [9.17, 15) is 4.79 Å². The first kappa shape index (κ1) is 12.3. The molecule has 5 heteroatoms. The molecule has 0 fully saturated rings. The lowest BCUT2D eigenvalue weighted by atomic mass is 9.81. The van der Waals surface area contributed by atoms with Crippen LogP contribution in [0.25, 0.3) is 0 Å². The molecule has 1 aliphatic heterocycles. The second-order valence-electron chi connectivity index (χ2n) is 5.80. The Morgan fingerprint density at radius 1 is 1.24 bits per heavy atom. The number of Topliss-reactive ketones (excluding diaryl/α,β-unsaturated/α-hetero) is 1. The molecule has 1 aliphatic carbocycles. The van der Waals surface area contributed by atoms with E-state index in [1.807, 2.05) is 35.0 Å². The molecule has 5 nitrogen and oxygen atoms in total. The van der Waals surface area contributed by atoms with E-state index in [2.05, 4.69) is 22.3 Å². The molecule has 0 unspecified atom stereocenters. The zero-order valence-corrected chi connectivity index (χ0v) is 11.8. The summed E-state index contributed by atoms with van der Waals surface area (Å²) in [7, 11) is 0. The molecule has 2 atom stereocenters. The molecule has 2 aromatic rings. The number of ketones is 1. The van der Waals surface area contributed by atoms with E-state index in [1.165, 1.54) is 6.33 Å². The molecule has 106 valence electrons. The Bertz CT molecular complexity index is 732. The first-order valence-corrected chi connectivity index (χ1v) is 7.21. The number of benzene rings is 1. The van der Waals surface area contributed by atoms with Crippen LogP contribution in [0.15, 0.2) is 47.9 Å². The maximum atomic E-state index is 12.6. The Labute approximate surface area is 122 Å². The Morgan fingerprint density at radius 2 is 2.05 bits per heavy atom. The average Bonchev–Trinajstić information content (AvgIpc) is 2.93. The van der Waals surface area contributed by atoms with Crippen LogP contribution in [0, 0.1) is 5.92 Å². The number of anilines is 1. The Kier molecular flexibility index (Phi) is 2.67. The van der Waals surface area contributed by atoms with Crippen molar-refractivity contribution in [1.29, 1.82) is 0 Å². The minimum Gasteiger partial charge on any atom is -0.328 e. The number of hydrogen-bond acceptors (Lipinski definition) is 4. The molecule has 2 heterocycles. The molecule has 2 aliphatic rings. The van der Waals surface area contributed by atoms with Crippen LogP contribution in [0.4, 0.5) is 5.95 Å². The molecule has 1 aromatic carbocycles. The third-order valence-electron chi connectivity index (χ3n) is 4.18. The van der Waals surface area contributed by atoms with Crippen LogP contribution in [-0.4, -0.2) is 20.5 Å². The van der Waals surface area contributed by atoms with Gasteiger partial charge in [0.2, 0.25) is 5.95 Å². The predicted molar refractivity (Wildman–Crippen MR) is 78.7 cm³/mol. The highest BCUT2D eigenvalue weighted by atomic mass is 16.1. The monoisotopic (exact) mass is 280 g/mol. The second-order valence-corrected chi connectivity index (χ2v) is 5.80. The molecule has 1 N–H and O–H groups in total. The van der Waals surface area contributed by atoms with Gasteiger partial charge in [0.1, 0.15) is 12.4 Å². The first-order valence-electron chi connectivity index (χ1n) is 7.21. The fraction of sp³-hybridized carbons (Fsp3) is 0.312. The fourth-order valence-corrected chi connectivity index (χ4v) is 3.29. The number of rotatable bonds is 1. The highest BCUT2D eigenvalue weighted by Crippen LogP contribution is 2.40. The van der Waals surface area contributed by atoms with Crippen molar-refractivity contribution >= 4 is 11.7 Å². The van der Waals surface area contributed by atoms with Gasteiger partial charge in [0.25, 0.3) is 0 Å². The molecule has 4 rings (SSSR count). The van der Waals surface area contributed by atoms with Crippen molar-refractivity contribution < 1.29 is 4.79 Å². The molecule has 0 amide bonds. The number of hydrogen-bond donors (Lipinski definition) is 1. The number of carbonyl (C=O) groups is 1. The van der Waals surface area contributed by atoms with Crippen molar-refractivity contribution in [2.45, 2.75) is 25.8 Å². The topological polar surface area (TPSA) is 59.8 Å². The zero-order chi connectivity index (χ0) is 14.4. The Hall–Kier alpha value is -2.43. The Balaban J connectivity index is 1.91. The van der Waals surface area contributed by atoms with Gasteiger partial charge in [0, 0.05) is 17.7 Å². The number of nitrogens with zero attached hydrogens (tertiary/aromatic N) is 3. The highest BCUT2D eigenvalue weighted by molar-refractivity contribution is 5.99. The average molecular weight is 280 g/mol. The summed E-state index contributed by atoms with van der Waals surface area (Å²) in [6.07, 6.45) is 3.02. The summed E-state index contributed by atoms with van der Waals surface area (Å²) in [6.45, 7) is 2.11. The number of nitrogens with one attached hydrogen (secondary N) is 1. The lowest BCUT2D eigenvalue weighted by Crippen LogP contribution is -2.33. The van der Waals surface area contributed by atoms with Crippen molar-refractivity contribution in [3.63, 3.8) is 0 Å². The van der Waals surface area contributed by atoms with Crippen LogP contribution < -0.4 is 5.32 Å². The number of carbonyl (C=O) groups excluding carboxylic acids is 1. The van der Waals surface area contributed by atoms with Gasteiger partial charge in [-0.15, -0.1) is 0 Å². The van der Waals surface area contributed by atoms with Crippen molar-refractivity contribution in [2.75, 3.05) is 5.32 Å². The van der Waals surface area contributed by atoms with E-state index in [0.29, 0.717) is 18.3 Å². The van der Waals surface area contributed by atoms with Gasteiger partial charge in [0.05, 0.1) is 0 Å². The lowest BCUT2D eigenvalue weighted by molar-refractivity contribution is -0.117. The van der Waals surface area contributed by atoms with Gasteiger partial charge in [-0.2, -0.15) is 10.1 Å². The van der Waals surface area contributed by atoms with E-state index in [-0.39, 0.29) is 11.8 Å². The van der Waals surface area contributed by atoms with Gasteiger partial charge in [-0.1, -0.05) is 37.3 Å². The molecule has 0 saturated carbocycles. The van der Waals surface area contributed by atoms with E-state index in [4.69, 9.17) is 0 Å². The summed E-state index contributed by atoms with van der Waals surface area (Å²) in [6, 6.07) is 9.87. The number of fused-ring (bicyclic) bond motifs is 1. The van der Waals surface area contributed by atoms with Crippen LogP contribution in [0.2, 0.25) is 0 Å². The SMILES string of the molecule is C[C@@H]1CC(=O)C2=C(C1)Nc1ncnn1[C@@H]2c1ccccc1. The quantitative estimate of drug-likeness (QED) is 0.872. The van der Waals surface area contributed by atoms with Crippen LogP contribution in [-0.2, 0) is 4.79 Å². The van der Waals surface area contributed by atoms with Gasteiger partial charge < -0.3 is 5.32 Å². The van der Waals surface area contributed by atoms with Crippen LogP contribution >= 0.6 is 0 Å². The maximum absolute atomic E-state index is 12.6. The largest absolute Gasteiger partial charge is 0.328 e. The third kappa shape index (κ3) is 1.88. The summed E-state index contributed by atoms with van der Waals surface area (Å²) in [5, 5.41) is 7.60. The fourth-order valence-electron chi connectivity index (χ4n) is 3.29. The number of aromatic nitrogens is 3. The van der Waals surface area contributed by atoms with Gasteiger partial charge >= 0.3 is 0 Å². The van der Waals surface area contributed by atoms with E-state index >= 15 is 0 Å². The van der Waals surface area contributed by atoms with Crippen molar-refractivity contribution in [2.24, 2.45) is 5.92 Å². The van der Waals surface area contributed by atoms with E-state index in [1.54, 1.807) is 0 Å². The lowest BCUT2D eigenvalue weighted by Gasteiger charge is -2.34. The minimum absolute atomic E-state index is 0.167. The normalized spacial score (nSPS) is 24.3. The zero-order valence-electron chi connectivity index (χ0n) is 11.8. The van der Waals surface area contributed by atoms with Crippen molar-refractivity contribution in [3.05, 3.63) is 53.5 Å². The molecular formula is C16H16N4O. The summed E-state index contributed by atoms with van der Waals surface area (Å²) in [4.78, 5) is 16.9. The molecule has 0 bridgehead atoms. The smallest absolute Gasteiger partial charge is 0.226 e. The highest BCUT2D eigenvalue weighted by Gasteiger charge is 2.37. The summed E-state index contributed by atoms with van der Waals surface area (Å²) in [5.41, 5.74) is 2.92. The maximum Gasteiger partial charge on any atom is 0.226 e. The molecule has 21 heavy (non-hydrogen) atoms. The van der Waals surface area contributed by atoms with Gasteiger partial charge in [0.15, 0.2) is 5.78 Å². The molecule has 1 aromatic heterocycles. The van der Waals surface area contributed by atoms with Crippen LogP contribution in [0.3, 0.4) is 0 Å². The molecule has 0 spiro atoms. The molecular weight excluding hydrogens is 264 g/mol. The number of allylic oxidation sites excluding steroid dienone is 2.